The van der Waals surface area contributed by atoms with Crippen molar-refractivity contribution in [3.63, 3.8) is 0 Å². The molecule has 0 aliphatic carbocycles. The van der Waals surface area contributed by atoms with Crippen LogP contribution in [0.15, 0.2) is 24.3 Å². The summed E-state index contributed by atoms with van der Waals surface area (Å²) in [6.45, 7) is 3.40. The average Bonchev–Trinajstić information content (AvgIpc) is 2.80. The Hall–Kier alpha value is -1.06. The first-order valence-electron chi connectivity index (χ1n) is 7.08. The number of phenols is 1. The van der Waals surface area contributed by atoms with E-state index in [1.807, 2.05) is 12.1 Å². The molecule has 2 heterocycles. The van der Waals surface area contributed by atoms with Crippen molar-refractivity contribution in [1.82, 2.24) is 10.2 Å². The van der Waals surface area contributed by atoms with E-state index in [-0.39, 0.29) is 0 Å². The summed E-state index contributed by atoms with van der Waals surface area (Å²) in [6.07, 6.45) is 5.36. The second kappa shape index (κ2) is 5.29. The summed E-state index contributed by atoms with van der Waals surface area (Å²) >= 11 is 0. The molecule has 3 nitrogen and oxygen atoms in total. The molecule has 0 bridgehead atoms. The monoisotopic (exact) mass is 246 g/mol. The minimum absolute atomic E-state index is 0.361. The van der Waals surface area contributed by atoms with Gasteiger partial charge in [0.25, 0.3) is 0 Å². The van der Waals surface area contributed by atoms with E-state index >= 15 is 0 Å². The maximum atomic E-state index is 9.46. The van der Waals surface area contributed by atoms with Gasteiger partial charge in [0.2, 0.25) is 0 Å². The molecular formula is C15H22N2O. The van der Waals surface area contributed by atoms with Crippen molar-refractivity contribution >= 4 is 0 Å². The molecular weight excluding hydrogens is 224 g/mol. The number of hydrogen-bond acceptors (Lipinski definition) is 3. The number of phenolic OH excluding ortho intramolecular Hbond substituents is 1. The second-order valence-corrected chi connectivity index (χ2v) is 5.55. The molecule has 0 spiro atoms. The molecule has 0 aromatic heterocycles. The average molecular weight is 246 g/mol. The Bertz CT molecular complexity index is 407. The molecule has 3 rings (SSSR count). The zero-order valence-electron chi connectivity index (χ0n) is 10.8. The van der Waals surface area contributed by atoms with E-state index in [1.54, 1.807) is 6.07 Å². The highest BCUT2D eigenvalue weighted by Crippen LogP contribution is 2.27. The van der Waals surface area contributed by atoms with Gasteiger partial charge in [-0.2, -0.15) is 0 Å². The van der Waals surface area contributed by atoms with Gasteiger partial charge in [-0.1, -0.05) is 18.6 Å². The van der Waals surface area contributed by atoms with E-state index in [4.69, 9.17) is 0 Å². The van der Waals surface area contributed by atoms with Crippen LogP contribution in [0.2, 0.25) is 0 Å². The Kier molecular flexibility index (Phi) is 3.52. The molecule has 0 amide bonds. The first-order valence-corrected chi connectivity index (χ1v) is 7.08. The van der Waals surface area contributed by atoms with Crippen LogP contribution in [0.4, 0.5) is 0 Å². The van der Waals surface area contributed by atoms with E-state index in [0.717, 1.165) is 12.6 Å². The quantitative estimate of drug-likeness (QED) is 0.857. The zero-order valence-corrected chi connectivity index (χ0v) is 10.8. The lowest BCUT2D eigenvalue weighted by atomic mass is 9.99. The summed E-state index contributed by atoms with van der Waals surface area (Å²) in [5.74, 6) is 0.361. The van der Waals surface area contributed by atoms with Gasteiger partial charge in [0.15, 0.2) is 0 Å². The van der Waals surface area contributed by atoms with Crippen LogP contribution in [0, 0.1) is 0 Å². The molecule has 0 saturated carbocycles. The van der Waals surface area contributed by atoms with Crippen molar-refractivity contribution < 1.29 is 5.11 Å². The summed E-state index contributed by atoms with van der Waals surface area (Å²) in [5.41, 5.74) is 1.17. The van der Waals surface area contributed by atoms with Gasteiger partial charge in [0.05, 0.1) is 0 Å². The zero-order chi connectivity index (χ0) is 12.4. The van der Waals surface area contributed by atoms with Crippen LogP contribution in [0.5, 0.6) is 5.75 Å². The Morgan fingerprint density at radius 2 is 2.17 bits per heavy atom. The summed E-state index contributed by atoms with van der Waals surface area (Å²) in [4.78, 5) is 2.64. The topological polar surface area (TPSA) is 35.5 Å². The number of aromatic hydroxyl groups is 1. The van der Waals surface area contributed by atoms with E-state index in [1.165, 1.54) is 44.3 Å². The summed E-state index contributed by atoms with van der Waals surface area (Å²) in [5, 5.41) is 13.1. The SMILES string of the molecule is Oc1cccc(CNC2CCN3CCCCC23)c1. The van der Waals surface area contributed by atoms with Crippen LogP contribution in [-0.4, -0.2) is 35.2 Å². The molecule has 3 heteroatoms. The Balaban J connectivity index is 1.57. The third-order valence-electron chi connectivity index (χ3n) is 4.33. The maximum Gasteiger partial charge on any atom is 0.115 e. The number of rotatable bonds is 3. The van der Waals surface area contributed by atoms with Crippen LogP contribution in [-0.2, 0) is 6.54 Å². The minimum Gasteiger partial charge on any atom is -0.508 e. The predicted octanol–water partition coefficient (Wildman–Crippen LogP) is 2.11. The summed E-state index contributed by atoms with van der Waals surface area (Å²) in [6, 6.07) is 8.93. The fraction of sp³-hybridized carbons (Fsp3) is 0.600. The number of benzene rings is 1. The maximum absolute atomic E-state index is 9.46. The van der Waals surface area contributed by atoms with E-state index in [9.17, 15) is 5.11 Å². The fourth-order valence-corrected chi connectivity index (χ4v) is 3.40. The lowest BCUT2D eigenvalue weighted by Crippen LogP contribution is -2.44. The van der Waals surface area contributed by atoms with Crippen LogP contribution in [0.3, 0.4) is 0 Å². The highest BCUT2D eigenvalue weighted by molar-refractivity contribution is 5.27. The van der Waals surface area contributed by atoms with Crippen molar-refractivity contribution in [3.05, 3.63) is 29.8 Å². The van der Waals surface area contributed by atoms with Gasteiger partial charge in [-0.3, -0.25) is 4.90 Å². The third kappa shape index (κ3) is 2.52. The molecule has 0 radical (unpaired) electrons. The Labute approximate surface area is 109 Å². The smallest absolute Gasteiger partial charge is 0.115 e. The molecule has 18 heavy (non-hydrogen) atoms. The van der Waals surface area contributed by atoms with Crippen LogP contribution in [0.1, 0.15) is 31.2 Å². The van der Waals surface area contributed by atoms with E-state index in [0.29, 0.717) is 11.8 Å². The van der Waals surface area contributed by atoms with Crippen molar-refractivity contribution in [2.75, 3.05) is 13.1 Å². The van der Waals surface area contributed by atoms with Crippen molar-refractivity contribution in [1.29, 1.82) is 0 Å². The van der Waals surface area contributed by atoms with Crippen LogP contribution in [0.25, 0.3) is 0 Å². The first kappa shape index (κ1) is 12.0. The first-order chi connectivity index (χ1) is 8.83. The van der Waals surface area contributed by atoms with Gasteiger partial charge < -0.3 is 10.4 Å². The van der Waals surface area contributed by atoms with Crippen molar-refractivity contribution in [3.8, 4) is 5.75 Å². The highest BCUT2D eigenvalue weighted by Gasteiger charge is 2.34. The molecule has 2 aliphatic heterocycles. The molecule has 1 aromatic carbocycles. The lowest BCUT2D eigenvalue weighted by Gasteiger charge is -2.32. The largest absolute Gasteiger partial charge is 0.508 e. The molecule has 2 aliphatic rings. The molecule has 2 saturated heterocycles. The van der Waals surface area contributed by atoms with Gasteiger partial charge in [-0.25, -0.2) is 0 Å². The Morgan fingerprint density at radius 3 is 3.06 bits per heavy atom. The molecule has 2 N–H and O–H groups in total. The lowest BCUT2D eigenvalue weighted by molar-refractivity contribution is 0.180. The molecule has 1 aromatic rings. The molecule has 2 atom stereocenters. The van der Waals surface area contributed by atoms with Gasteiger partial charge >= 0.3 is 0 Å². The predicted molar refractivity (Wildman–Crippen MR) is 72.6 cm³/mol. The minimum atomic E-state index is 0.361. The Morgan fingerprint density at radius 1 is 1.22 bits per heavy atom. The van der Waals surface area contributed by atoms with E-state index < -0.39 is 0 Å². The van der Waals surface area contributed by atoms with Crippen LogP contribution >= 0.6 is 0 Å². The highest BCUT2D eigenvalue weighted by atomic mass is 16.3. The van der Waals surface area contributed by atoms with E-state index in [2.05, 4.69) is 16.3 Å². The summed E-state index contributed by atoms with van der Waals surface area (Å²) < 4.78 is 0. The second-order valence-electron chi connectivity index (χ2n) is 5.55. The number of fused-ring (bicyclic) bond motifs is 1. The summed E-state index contributed by atoms with van der Waals surface area (Å²) in [7, 11) is 0. The van der Waals surface area contributed by atoms with Gasteiger partial charge in [-0.05, 0) is 43.5 Å². The fourth-order valence-electron chi connectivity index (χ4n) is 3.40. The number of nitrogens with one attached hydrogen (secondary N) is 1. The van der Waals surface area contributed by atoms with Gasteiger partial charge in [0.1, 0.15) is 5.75 Å². The van der Waals surface area contributed by atoms with Crippen molar-refractivity contribution in [2.24, 2.45) is 0 Å². The standard InChI is InChI=1S/C15H22N2O/c18-13-5-3-4-12(10-13)11-16-14-7-9-17-8-2-1-6-15(14)17/h3-5,10,14-16,18H,1-2,6-9,11H2. The number of nitrogens with zero attached hydrogens (tertiary/aromatic N) is 1. The molecule has 2 unspecified atom stereocenters. The van der Waals surface area contributed by atoms with Gasteiger partial charge in [-0.15, -0.1) is 0 Å². The third-order valence-corrected chi connectivity index (χ3v) is 4.33. The molecule has 98 valence electrons. The number of piperidine rings is 1. The van der Waals surface area contributed by atoms with Gasteiger partial charge in [0, 0.05) is 25.2 Å². The molecule has 2 fully saturated rings. The number of hydrogen-bond donors (Lipinski definition) is 2. The normalized spacial score (nSPS) is 28.2. The van der Waals surface area contributed by atoms with Crippen LogP contribution < -0.4 is 5.32 Å². The van der Waals surface area contributed by atoms with Crippen molar-refractivity contribution in [2.45, 2.75) is 44.3 Å².